The average molecular weight is 390 g/mol. The summed E-state index contributed by atoms with van der Waals surface area (Å²) in [6.45, 7) is 3.66. The molecule has 4 N–H and O–H groups in total. The summed E-state index contributed by atoms with van der Waals surface area (Å²) in [5.41, 5.74) is 1.08. The van der Waals surface area contributed by atoms with Crippen molar-refractivity contribution in [3.05, 3.63) is 18.0 Å². The minimum atomic E-state index is -0.142. The van der Waals surface area contributed by atoms with Crippen molar-refractivity contribution in [2.75, 3.05) is 13.2 Å². The zero-order chi connectivity index (χ0) is 19.1. The van der Waals surface area contributed by atoms with Crippen molar-refractivity contribution in [2.24, 2.45) is 0 Å². The van der Waals surface area contributed by atoms with Crippen molar-refractivity contribution in [1.29, 1.82) is 0 Å². The number of carbonyl (C=O) groups is 1. The van der Waals surface area contributed by atoms with Gasteiger partial charge in [0.2, 0.25) is 0 Å². The van der Waals surface area contributed by atoms with Crippen molar-refractivity contribution in [3.63, 3.8) is 0 Å². The van der Waals surface area contributed by atoms with Crippen molar-refractivity contribution in [1.82, 2.24) is 31.0 Å². The Balaban J connectivity index is 1.43. The highest BCUT2D eigenvalue weighted by molar-refractivity contribution is 5.78. The smallest absolute Gasteiger partial charge is 0.320 e. The second-order valence-electron chi connectivity index (χ2n) is 8.36. The molecule has 5 heterocycles. The largest absolute Gasteiger partial charge is 0.373 e. The fourth-order valence-electron chi connectivity index (χ4n) is 5.21. The standard InChI is InChI=1S/C19H30N6O3/c1-11-3-2-10-27-18-12(13-6-9-21-24-13)4-5-15(22-18)25-16-14(28-11)7-8-20-17(16)23-19(25)26/h6,9,11-12,14-18,20,22H,2-5,7-8,10H2,1H3,(H,21,24)(H,23,26)/t11-,12?,14?,15?,16?,17?,18?/m0/s1. The van der Waals surface area contributed by atoms with E-state index in [1.54, 1.807) is 6.20 Å². The number of H-pyrrole nitrogens is 1. The zero-order valence-corrected chi connectivity index (χ0v) is 16.3. The summed E-state index contributed by atoms with van der Waals surface area (Å²) in [5, 5.41) is 17.4. The lowest BCUT2D eigenvalue weighted by atomic mass is 9.91. The minimum absolute atomic E-state index is 0.00928. The van der Waals surface area contributed by atoms with Gasteiger partial charge in [-0.05, 0) is 51.6 Å². The second kappa shape index (κ2) is 7.62. The summed E-state index contributed by atoms with van der Waals surface area (Å²) in [7, 11) is 0. The Labute approximate surface area is 164 Å². The van der Waals surface area contributed by atoms with Gasteiger partial charge in [-0.3, -0.25) is 15.7 Å². The Bertz CT molecular complexity index is 685. The summed E-state index contributed by atoms with van der Waals surface area (Å²) < 4.78 is 12.7. The zero-order valence-electron chi connectivity index (χ0n) is 16.3. The number of hydrogen-bond donors (Lipinski definition) is 4. The lowest BCUT2D eigenvalue weighted by Crippen LogP contribution is -2.64. The first-order valence-electron chi connectivity index (χ1n) is 10.6. The van der Waals surface area contributed by atoms with Crippen molar-refractivity contribution in [2.45, 2.75) is 81.8 Å². The van der Waals surface area contributed by atoms with Crippen LogP contribution < -0.4 is 16.0 Å². The molecule has 4 fully saturated rings. The molecule has 0 saturated carbocycles. The second-order valence-corrected chi connectivity index (χ2v) is 8.36. The van der Waals surface area contributed by atoms with Crippen LogP contribution in [0.1, 0.15) is 50.6 Å². The fourth-order valence-corrected chi connectivity index (χ4v) is 5.21. The number of ether oxygens (including phenoxy) is 2. The van der Waals surface area contributed by atoms with Gasteiger partial charge in [-0.2, -0.15) is 5.10 Å². The Morgan fingerprint density at radius 2 is 2.18 bits per heavy atom. The minimum Gasteiger partial charge on any atom is -0.373 e. The Kier molecular flexibility index (Phi) is 5.00. The molecule has 154 valence electrons. The monoisotopic (exact) mass is 390 g/mol. The molecular formula is C19H30N6O3. The van der Waals surface area contributed by atoms with Crippen LogP contribution in [0.4, 0.5) is 4.79 Å². The van der Waals surface area contributed by atoms with Crippen LogP contribution in [0.5, 0.6) is 0 Å². The lowest BCUT2D eigenvalue weighted by Gasteiger charge is -2.46. The highest BCUT2D eigenvalue weighted by Crippen LogP contribution is 2.34. The van der Waals surface area contributed by atoms with E-state index in [1.807, 2.05) is 11.0 Å². The molecule has 2 bridgehead atoms. The molecule has 0 aliphatic carbocycles. The number of piperidine rings is 2. The first-order chi connectivity index (χ1) is 13.7. The summed E-state index contributed by atoms with van der Waals surface area (Å²) in [5.74, 6) is 0.206. The SMILES string of the molecule is C[C@H]1CCCOC2NC(CCC2c2ccn[nH]2)N2C(=O)NC3NCCC(O1)C32. The van der Waals surface area contributed by atoms with Crippen LogP contribution in [-0.2, 0) is 9.47 Å². The van der Waals surface area contributed by atoms with E-state index in [2.05, 4.69) is 33.1 Å². The molecular weight excluding hydrogens is 360 g/mol. The Hall–Kier alpha value is -1.68. The third kappa shape index (κ3) is 3.30. The number of carbonyl (C=O) groups excluding carboxylic acids is 1. The van der Waals surface area contributed by atoms with Gasteiger partial charge in [0, 0.05) is 24.4 Å². The van der Waals surface area contributed by atoms with Crippen LogP contribution in [0.3, 0.4) is 0 Å². The third-order valence-corrected chi connectivity index (χ3v) is 6.54. The number of hydrogen-bond acceptors (Lipinski definition) is 6. The molecule has 4 saturated heterocycles. The average Bonchev–Trinajstić information content (AvgIpc) is 3.32. The molecule has 0 radical (unpaired) electrons. The number of amides is 2. The van der Waals surface area contributed by atoms with Crippen LogP contribution in [-0.4, -0.2) is 71.1 Å². The summed E-state index contributed by atoms with van der Waals surface area (Å²) >= 11 is 0. The van der Waals surface area contributed by atoms with Crippen LogP contribution in [0.25, 0.3) is 0 Å². The van der Waals surface area contributed by atoms with E-state index in [9.17, 15) is 4.79 Å². The quantitative estimate of drug-likeness (QED) is 0.566. The van der Waals surface area contributed by atoms with Crippen molar-refractivity contribution < 1.29 is 14.3 Å². The fraction of sp³-hybridized carbons (Fsp3) is 0.789. The molecule has 9 heteroatoms. The van der Waals surface area contributed by atoms with Crippen molar-refractivity contribution >= 4 is 6.03 Å². The molecule has 2 amide bonds. The van der Waals surface area contributed by atoms with E-state index in [1.165, 1.54) is 0 Å². The third-order valence-electron chi connectivity index (χ3n) is 6.54. The number of nitrogens with zero attached hydrogens (tertiary/aromatic N) is 2. The molecule has 6 unspecified atom stereocenters. The van der Waals surface area contributed by atoms with Gasteiger partial charge in [0.1, 0.15) is 12.4 Å². The van der Waals surface area contributed by atoms with E-state index in [0.717, 1.165) is 44.3 Å². The van der Waals surface area contributed by atoms with E-state index in [0.29, 0.717) is 6.61 Å². The Morgan fingerprint density at radius 1 is 1.25 bits per heavy atom. The predicted octanol–water partition coefficient (Wildman–Crippen LogP) is 0.826. The van der Waals surface area contributed by atoms with Crippen molar-refractivity contribution in [3.8, 4) is 0 Å². The molecule has 0 aromatic carbocycles. The van der Waals surface area contributed by atoms with Gasteiger partial charge >= 0.3 is 6.03 Å². The van der Waals surface area contributed by atoms with Gasteiger partial charge in [0.25, 0.3) is 0 Å². The highest BCUT2D eigenvalue weighted by Gasteiger charge is 2.51. The Morgan fingerprint density at radius 3 is 3.04 bits per heavy atom. The first-order valence-corrected chi connectivity index (χ1v) is 10.6. The maximum atomic E-state index is 12.9. The predicted molar refractivity (Wildman–Crippen MR) is 101 cm³/mol. The summed E-state index contributed by atoms with van der Waals surface area (Å²) in [6.07, 6.45) is 6.33. The topological polar surface area (TPSA) is 104 Å². The summed E-state index contributed by atoms with van der Waals surface area (Å²) in [6, 6.07) is 1.98. The number of fused-ring (bicyclic) bond motifs is 3. The van der Waals surface area contributed by atoms with Gasteiger partial charge in [-0.25, -0.2) is 4.79 Å². The van der Waals surface area contributed by atoms with E-state index in [4.69, 9.17) is 9.47 Å². The van der Waals surface area contributed by atoms with Gasteiger partial charge < -0.3 is 19.7 Å². The maximum Gasteiger partial charge on any atom is 0.320 e. The molecule has 4 aliphatic heterocycles. The normalized spacial score (nSPS) is 41.5. The molecule has 9 nitrogen and oxygen atoms in total. The van der Waals surface area contributed by atoms with Crippen LogP contribution in [0.15, 0.2) is 12.3 Å². The lowest BCUT2D eigenvalue weighted by molar-refractivity contribution is -0.0971. The molecule has 0 spiro atoms. The van der Waals surface area contributed by atoms with Crippen LogP contribution >= 0.6 is 0 Å². The maximum absolute atomic E-state index is 12.9. The molecule has 1 aromatic rings. The number of urea groups is 1. The molecule has 5 rings (SSSR count). The first kappa shape index (κ1) is 18.4. The van der Waals surface area contributed by atoms with E-state index < -0.39 is 0 Å². The molecule has 7 atom stereocenters. The molecule has 1 aromatic heterocycles. The van der Waals surface area contributed by atoms with Crippen LogP contribution in [0.2, 0.25) is 0 Å². The summed E-state index contributed by atoms with van der Waals surface area (Å²) in [4.78, 5) is 14.8. The van der Waals surface area contributed by atoms with Gasteiger partial charge in [-0.1, -0.05) is 0 Å². The van der Waals surface area contributed by atoms with Gasteiger partial charge in [-0.15, -0.1) is 0 Å². The number of rotatable bonds is 1. The number of aromatic nitrogens is 2. The highest BCUT2D eigenvalue weighted by atomic mass is 16.5. The van der Waals surface area contributed by atoms with E-state index in [-0.39, 0.29) is 48.8 Å². The molecule has 4 aliphatic rings. The van der Waals surface area contributed by atoms with E-state index >= 15 is 0 Å². The molecule has 28 heavy (non-hydrogen) atoms. The number of aromatic amines is 1. The number of nitrogens with one attached hydrogen (secondary N) is 4. The van der Waals surface area contributed by atoms with Gasteiger partial charge in [0.15, 0.2) is 0 Å². The van der Waals surface area contributed by atoms with Crippen LogP contribution in [0, 0.1) is 0 Å². The van der Waals surface area contributed by atoms with Gasteiger partial charge in [0.05, 0.1) is 24.4 Å².